The summed E-state index contributed by atoms with van der Waals surface area (Å²) >= 11 is 6.43. The van der Waals surface area contributed by atoms with Crippen LogP contribution in [0.2, 0.25) is 5.15 Å². The summed E-state index contributed by atoms with van der Waals surface area (Å²) in [5.74, 6) is 0.0230. The Balaban J connectivity index is 1.90. The van der Waals surface area contributed by atoms with Gasteiger partial charge in [-0.1, -0.05) is 42.5 Å². The molecular formula is C20H25ClN2O2. The maximum absolute atomic E-state index is 12.6. The first-order chi connectivity index (χ1) is 12.1. The van der Waals surface area contributed by atoms with Gasteiger partial charge in [0.25, 0.3) is 0 Å². The van der Waals surface area contributed by atoms with Crippen LogP contribution in [0.3, 0.4) is 0 Å². The van der Waals surface area contributed by atoms with E-state index in [1.165, 1.54) is 24.8 Å². The van der Waals surface area contributed by atoms with Crippen LogP contribution in [-0.2, 0) is 16.1 Å². The van der Waals surface area contributed by atoms with Crippen LogP contribution in [0, 0.1) is 6.92 Å². The number of carbonyl (C=O) groups excluding carboxylic acids is 1. The average molecular weight is 361 g/mol. The minimum absolute atomic E-state index is 0.0230. The van der Waals surface area contributed by atoms with Crippen LogP contribution >= 0.6 is 11.6 Å². The Morgan fingerprint density at radius 1 is 1.28 bits per heavy atom. The number of fused-ring (bicyclic) bond motifs is 1. The molecule has 4 nitrogen and oxygen atoms in total. The van der Waals surface area contributed by atoms with E-state index in [1.54, 1.807) is 7.11 Å². The van der Waals surface area contributed by atoms with Crippen molar-refractivity contribution >= 4 is 28.4 Å². The van der Waals surface area contributed by atoms with Gasteiger partial charge < -0.3 is 9.64 Å². The Kier molecular flexibility index (Phi) is 5.92. The predicted molar refractivity (Wildman–Crippen MR) is 101 cm³/mol. The van der Waals surface area contributed by atoms with Gasteiger partial charge in [0, 0.05) is 30.6 Å². The number of rotatable bonds is 5. The van der Waals surface area contributed by atoms with E-state index in [4.69, 9.17) is 16.3 Å². The first-order valence-electron chi connectivity index (χ1n) is 8.92. The highest BCUT2D eigenvalue weighted by Gasteiger charge is 2.26. The Bertz CT molecular complexity index is 757. The van der Waals surface area contributed by atoms with Crippen LogP contribution in [0.25, 0.3) is 10.9 Å². The summed E-state index contributed by atoms with van der Waals surface area (Å²) in [4.78, 5) is 19.1. The van der Waals surface area contributed by atoms with E-state index >= 15 is 0 Å². The van der Waals surface area contributed by atoms with Gasteiger partial charge in [-0.3, -0.25) is 4.79 Å². The van der Waals surface area contributed by atoms with Crippen molar-refractivity contribution in [3.05, 3.63) is 40.5 Å². The molecule has 1 fully saturated rings. The second-order valence-corrected chi connectivity index (χ2v) is 7.24. The summed E-state index contributed by atoms with van der Waals surface area (Å²) in [5, 5.41) is 1.53. The van der Waals surface area contributed by atoms with Crippen LogP contribution in [0.15, 0.2) is 24.3 Å². The maximum atomic E-state index is 12.6. The highest BCUT2D eigenvalue weighted by atomic mass is 35.5. The lowest BCUT2D eigenvalue weighted by molar-refractivity contribution is -0.139. The third kappa shape index (κ3) is 4.31. The highest BCUT2D eigenvalue weighted by Crippen LogP contribution is 2.27. The summed E-state index contributed by atoms with van der Waals surface area (Å²) in [6.45, 7) is 2.65. The number of hydrogen-bond acceptors (Lipinski definition) is 3. The lowest BCUT2D eigenvalue weighted by Crippen LogP contribution is -2.42. The van der Waals surface area contributed by atoms with E-state index in [2.05, 4.69) is 24.0 Å². The molecule has 0 bridgehead atoms. The lowest BCUT2D eigenvalue weighted by Gasteiger charge is -2.34. The Morgan fingerprint density at radius 2 is 2.04 bits per heavy atom. The molecule has 0 unspecified atom stereocenters. The molecule has 1 aromatic carbocycles. The van der Waals surface area contributed by atoms with Gasteiger partial charge in [-0.2, -0.15) is 0 Å². The summed E-state index contributed by atoms with van der Waals surface area (Å²) in [7, 11) is 1.56. The van der Waals surface area contributed by atoms with Crippen molar-refractivity contribution in [1.82, 2.24) is 9.88 Å². The van der Waals surface area contributed by atoms with E-state index in [9.17, 15) is 4.79 Å². The number of halogens is 1. The third-order valence-corrected chi connectivity index (χ3v) is 5.27. The summed E-state index contributed by atoms with van der Waals surface area (Å²) in [6, 6.07) is 8.44. The monoisotopic (exact) mass is 360 g/mol. The quantitative estimate of drug-likeness (QED) is 0.737. The van der Waals surface area contributed by atoms with Crippen LogP contribution in [0.1, 0.15) is 43.2 Å². The molecule has 1 saturated carbocycles. The number of methoxy groups -OCH3 is 1. The second-order valence-electron chi connectivity index (χ2n) is 6.88. The molecular weight excluding hydrogens is 336 g/mol. The molecule has 0 spiro atoms. The fourth-order valence-electron chi connectivity index (χ4n) is 3.63. The van der Waals surface area contributed by atoms with Crippen molar-refractivity contribution < 1.29 is 9.53 Å². The first-order valence-corrected chi connectivity index (χ1v) is 9.30. The minimum Gasteiger partial charge on any atom is -0.375 e. The number of amides is 1. The largest absolute Gasteiger partial charge is 0.375 e. The molecule has 3 rings (SSSR count). The molecule has 1 aliphatic rings. The number of aromatic nitrogens is 1. The highest BCUT2D eigenvalue weighted by molar-refractivity contribution is 6.30. The second kappa shape index (κ2) is 8.15. The molecule has 2 aromatic rings. The number of ether oxygens (including phenoxy) is 1. The SMILES string of the molecule is COCC(=O)N(Cc1cc2cc(C)ccc2nc1Cl)C1CCCCC1. The molecule has 1 aromatic heterocycles. The molecule has 0 saturated heterocycles. The smallest absolute Gasteiger partial charge is 0.249 e. The summed E-state index contributed by atoms with van der Waals surface area (Å²) in [6.07, 6.45) is 5.69. The van der Waals surface area contributed by atoms with Crippen LogP contribution < -0.4 is 0 Å². The molecule has 1 amide bonds. The summed E-state index contributed by atoms with van der Waals surface area (Å²) < 4.78 is 5.09. The minimum atomic E-state index is 0.0230. The maximum Gasteiger partial charge on any atom is 0.249 e. The normalized spacial score (nSPS) is 15.5. The van der Waals surface area contributed by atoms with Crippen molar-refractivity contribution in [1.29, 1.82) is 0 Å². The van der Waals surface area contributed by atoms with Gasteiger partial charge in [-0.15, -0.1) is 0 Å². The topological polar surface area (TPSA) is 42.4 Å². The van der Waals surface area contributed by atoms with Gasteiger partial charge in [0.2, 0.25) is 5.91 Å². The van der Waals surface area contributed by atoms with Crippen molar-refractivity contribution in [2.75, 3.05) is 13.7 Å². The number of nitrogens with zero attached hydrogens (tertiary/aromatic N) is 2. The van der Waals surface area contributed by atoms with Crippen molar-refractivity contribution in [2.45, 2.75) is 51.6 Å². The Morgan fingerprint density at radius 3 is 2.76 bits per heavy atom. The van der Waals surface area contributed by atoms with Gasteiger partial charge in [0.1, 0.15) is 11.8 Å². The van der Waals surface area contributed by atoms with Gasteiger partial charge in [-0.25, -0.2) is 4.98 Å². The zero-order valence-electron chi connectivity index (χ0n) is 14.9. The molecule has 1 aliphatic carbocycles. The number of benzene rings is 1. The number of pyridine rings is 1. The van der Waals surface area contributed by atoms with Gasteiger partial charge in [-0.05, 0) is 38.0 Å². The van der Waals surface area contributed by atoms with Gasteiger partial charge >= 0.3 is 0 Å². The molecule has 0 radical (unpaired) electrons. The number of hydrogen-bond donors (Lipinski definition) is 0. The Hall–Kier alpha value is -1.65. The van der Waals surface area contributed by atoms with E-state index in [0.717, 1.165) is 29.3 Å². The van der Waals surface area contributed by atoms with E-state index < -0.39 is 0 Å². The Labute approximate surface area is 154 Å². The first kappa shape index (κ1) is 18.2. The zero-order chi connectivity index (χ0) is 17.8. The van der Waals surface area contributed by atoms with Crippen LogP contribution in [0.5, 0.6) is 0 Å². The van der Waals surface area contributed by atoms with Crippen molar-refractivity contribution in [3.8, 4) is 0 Å². The average Bonchev–Trinajstić information content (AvgIpc) is 2.61. The number of carbonyl (C=O) groups is 1. The predicted octanol–water partition coefficient (Wildman–Crippen LogP) is 4.50. The molecule has 0 aliphatic heterocycles. The van der Waals surface area contributed by atoms with Crippen molar-refractivity contribution in [3.63, 3.8) is 0 Å². The molecule has 5 heteroatoms. The van der Waals surface area contributed by atoms with E-state index in [1.807, 2.05) is 17.0 Å². The third-order valence-electron chi connectivity index (χ3n) is 4.94. The van der Waals surface area contributed by atoms with Gasteiger partial charge in [0.05, 0.1) is 5.52 Å². The van der Waals surface area contributed by atoms with Crippen LogP contribution in [0.4, 0.5) is 0 Å². The molecule has 0 N–H and O–H groups in total. The summed E-state index contributed by atoms with van der Waals surface area (Å²) in [5.41, 5.74) is 2.96. The molecule has 134 valence electrons. The molecule has 1 heterocycles. The fourth-order valence-corrected chi connectivity index (χ4v) is 3.84. The standard InChI is InChI=1S/C20H25ClN2O2/c1-14-8-9-18-15(10-14)11-16(20(21)22-18)12-23(19(24)13-25-2)17-6-4-3-5-7-17/h8-11,17H,3-7,12-13H2,1-2H3. The van der Waals surface area contributed by atoms with E-state index in [-0.39, 0.29) is 18.6 Å². The zero-order valence-corrected chi connectivity index (χ0v) is 15.7. The van der Waals surface area contributed by atoms with Crippen molar-refractivity contribution in [2.24, 2.45) is 0 Å². The van der Waals surface area contributed by atoms with Gasteiger partial charge in [0.15, 0.2) is 0 Å². The van der Waals surface area contributed by atoms with E-state index in [0.29, 0.717) is 11.7 Å². The molecule has 25 heavy (non-hydrogen) atoms. The number of aryl methyl sites for hydroxylation is 1. The fraction of sp³-hybridized carbons (Fsp3) is 0.500. The lowest BCUT2D eigenvalue weighted by atomic mass is 9.93. The molecule has 0 atom stereocenters. The van der Waals surface area contributed by atoms with Crippen LogP contribution in [-0.4, -0.2) is 35.5 Å².